The van der Waals surface area contributed by atoms with E-state index in [9.17, 15) is 14.7 Å². The average Bonchev–Trinajstić information content (AvgIpc) is 2.68. The normalized spacial score (nSPS) is 14.6. The molecule has 0 bridgehead atoms. The van der Waals surface area contributed by atoms with Gasteiger partial charge in [0.2, 0.25) is 11.8 Å². The number of nitrogens with zero attached hydrogens (tertiary/aromatic N) is 2. The third kappa shape index (κ3) is 5.07. The molecule has 1 aliphatic carbocycles. The molecule has 0 saturated heterocycles. The molecule has 3 rings (SSSR count). The van der Waals surface area contributed by atoms with E-state index in [0.717, 1.165) is 43.5 Å². The summed E-state index contributed by atoms with van der Waals surface area (Å²) in [5.41, 5.74) is 0.326. The summed E-state index contributed by atoms with van der Waals surface area (Å²) < 4.78 is 7.15. The molecule has 150 valence electrons. The van der Waals surface area contributed by atoms with Crippen LogP contribution in [0.5, 0.6) is 11.6 Å². The Morgan fingerprint density at radius 1 is 1.32 bits per heavy atom. The fourth-order valence-electron chi connectivity index (χ4n) is 3.40. The van der Waals surface area contributed by atoms with E-state index in [1.165, 1.54) is 6.42 Å². The number of hydrogen-bond donors (Lipinski definition) is 2. The van der Waals surface area contributed by atoms with Crippen molar-refractivity contribution in [2.24, 2.45) is 0 Å². The molecule has 1 fully saturated rings. The Balaban J connectivity index is 1.72. The van der Waals surface area contributed by atoms with E-state index < -0.39 is 0 Å². The van der Waals surface area contributed by atoms with Crippen LogP contribution in [-0.4, -0.2) is 32.9 Å². The van der Waals surface area contributed by atoms with Crippen LogP contribution in [0.25, 0.3) is 0 Å². The minimum Gasteiger partial charge on any atom is -0.493 e. The number of hydrogen-bond acceptors (Lipinski definition) is 6. The van der Waals surface area contributed by atoms with Crippen LogP contribution in [0.4, 0.5) is 5.69 Å². The second-order valence-electron chi connectivity index (χ2n) is 6.66. The number of carbonyl (C=O) groups excluding carboxylic acids is 1. The fraction of sp³-hybridized carbons (Fsp3) is 0.450. The molecule has 1 aliphatic rings. The fourth-order valence-corrected chi connectivity index (χ4v) is 4.27. The van der Waals surface area contributed by atoms with Crippen LogP contribution in [0.15, 0.2) is 40.3 Å². The monoisotopic (exact) mass is 403 g/mol. The van der Waals surface area contributed by atoms with E-state index in [1.807, 2.05) is 19.1 Å². The SMILES string of the molecule is CCOc1ccccc1NC(=O)CSc1nc(O)cc(=O)n1C1CCCCC1. The number of ether oxygens (including phenoxy) is 1. The zero-order valence-electron chi connectivity index (χ0n) is 15.9. The zero-order valence-corrected chi connectivity index (χ0v) is 16.7. The third-order valence-electron chi connectivity index (χ3n) is 4.64. The molecule has 1 saturated carbocycles. The Hall–Kier alpha value is -2.48. The molecule has 0 atom stereocenters. The topological polar surface area (TPSA) is 93.5 Å². The number of amides is 1. The number of nitrogens with one attached hydrogen (secondary N) is 1. The molecule has 2 N–H and O–H groups in total. The van der Waals surface area contributed by atoms with Crippen molar-refractivity contribution in [2.45, 2.75) is 50.2 Å². The van der Waals surface area contributed by atoms with Gasteiger partial charge in [0, 0.05) is 6.04 Å². The molecule has 0 unspecified atom stereocenters. The van der Waals surface area contributed by atoms with Crippen molar-refractivity contribution in [1.29, 1.82) is 0 Å². The van der Waals surface area contributed by atoms with Gasteiger partial charge in [-0.25, -0.2) is 0 Å². The quantitative estimate of drug-likeness (QED) is 0.542. The molecule has 1 aromatic carbocycles. The van der Waals surface area contributed by atoms with Crippen LogP contribution in [0.1, 0.15) is 45.1 Å². The molecule has 0 aliphatic heterocycles. The van der Waals surface area contributed by atoms with Gasteiger partial charge in [0.05, 0.1) is 24.1 Å². The van der Waals surface area contributed by atoms with Crippen molar-refractivity contribution in [3.63, 3.8) is 0 Å². The first-order valence-electron chi connectivity index (χ1n) is 9.55. The molecule has 1 aromatic heterocycles. The summed E-state index contributed by atoms with van der Waals surface area (Å²) in [4.78, 5) is 29.0. The molecule has 1 amide bonds. The third-order valence-corrected chi connectivity index (χ3v) is 5.59. The summed E-state index contributed by atoms with van der Waals surface area (Å²) in [5.74, 6) is 0.132. The number of aromatic hydroxyl groups is 1. The number of anilines is 1. The zero-order chi connectivity index (χ0) is 19.9. The summed E-state index contributed by atoms with van der Waals surface area (Å²) in [6, 6.07) is 8.44. The van der Waals surface area contributed by atoms with Crippen molar-refractivity contribution in [3.05, 3.63) is 40.7 Å². The Labute approximate surface area is 168 Å². The van der Waals surface area contributed by atoms with Crippen LogP contribution >= 0.6 is 11.8 Å². The molecule has 8 heteroatoms. The minimum atomic E-state index is -0.318. The molecule has 28 heavy (non-hydrogen) atoms. The number of thioether (sulfide) groups is 1. The van der Waals surface area contributed by atoms with E-state index in [1.54, 1.807) is 16.7 Å². The lowest BCUT2D eigenvalue weighted by atomic mass is 9.95. The van der Waals surface area contributed by atoms with Gasteiger partial charge in [-0.15, -0.1) is 0 Å². The first kappa shape index (κ1) is 20.3. The molecule has 1 heterocycles. The Morgan fingerprint density at radius 2 is 2.07 bits per heavy atom. The first-order valence-corrected chi connectivity index (χ1v) is 10.5. The minimum absolute atomic E-state index is 0.0681. The maximum Gasteiger partial charge on any atom is 0.258 e. The van der Waals surface area contributed by atoms with Gasteiger partial charge in [-0.2, -0.15) is 4.98 Å². The van der Waals surface area contributed by atoms with Crippen LogP contribution in [0, 0.1) is 0 Å². The van der Waals surface area contributed by atoms with Gasteiger partial charge in [0.15, 0.2) is 5.16 Å². The number of carbonyl (C=O) groups is 1. The summed E-state index contributed by atoms with van der Waals surface area (Å²) >= 11 is 1.15. The van der Waals surface area contributed by atoms with E-state index in [2.05, 4.69) is 10.3 Å². The van der Waals surface area contributed by atoms with Crippen molar-refractivity contribution in [1.82, 2.24) is 9.55 Å². The van der Waals surface area contributed by atoms with Crippen molar-refractivity contribution in [2.75, 3.05) is 17.7 Å². The lowest BCUT2D eigenvalue weighted by Crippen LogP contribution is -2.28. The average molecular weight is 404 g/mol. The van der Waals surface area contributed by atoms with Crippen LogP contribution < -0.4 is 15.6 Å². The van der Waals surface area contributed by atoms with Crippen LogP contribution in [0.2, 0.25) is 0 Å². The lowest BCUT2D eigenvalue weighted by Gasteiger charge is -2.25. The number of aromatic nitrogens is 2. The van der Waals surface area contributed by atoms with E-state index >= 15 is 0 Å². The van der Waals surface area contributed by atoms with E-state index in [4.69, 9.17) is 4.74 Å². The van der Waals surface area contributed by atoms with Gasteiger partial charge in [0.1, 0.15) is 5.75 Å². The second-order valence-corrected chi connectivity index (χ2v) is 7.61. The Morgan fingerprint density at radius 3 is 2.82 bits per heavy atom. The molecule has 0 spiro atoms. The summed E-state index contributed by atoms with van der Waals surface area (Å²) in [6.07, 6.45) is 5.12. The van der Waals surface area contributed by atoms with Crippen LogP contribution in [0.3, 0.4) is 0 Å². The summed E-state index contributed by atoms with van der Waals surface area (Å²) in [5, 5.41) is 13.0. The Kier molecular flexibility index (Phi) is 6.97. The van der Waals surface area contributed by atoms with Gasteiger partial charge in [-0.1, -0.05) is 43.2 Å². The number of benzene rings is 1. The molecule has 2 aromatic rings. The van der Waals surface area contributed by atoms with Gasteiger partial charge in [-0.3, -0.25) is 14.2 Å². The summed E-state index contributed by atoms with van der Waals surface area (Å²) in [7, 11) is 0. The van der Waals surface area contributed by atoms with Crippen molar-refractivity contribution < 1.29 is 14.6 Å². The standard InChI is InChI=1S/C20H25N3O4S/c1-2-27-16-11-7-6-10-15(16)21-18(25)13-28-20-22-17(24)12-19(26)23(20)14-8-4-3-5-9-14/h6-7,10-12,14,24H,2-5,8-9,13H2,1H3,(H,21,25). The molecular weight excluding hydrogens is 378 g/mol. The molecular formula is C20H25N3O4S. The Bertz CT molecular complexity index is 878. The van der Waals surface area contributed by atoms with Gasteiger partial charge < -0.3 is 15.2 Å². The highest BCUT2D eigenvalue weighted by atomic mass is 32.2. The van der Waals surface area contributed by atoms with Crippen molar-refractivity contribution >= 4 is 23.4 Å². The van der Waals surface area contributed by atoms with Gasteiger partial charge in [-0.05, 0) is 31.9 Å². The first-order chi connectivity index (χ1) is 13.6. The highest BCUT2D eigenvalue weighted by Crippen LogP contribution is 2.31. The summed E-state index contributed by atoms with van der Waals surface area (Å²) in [6.45, 7) is 2.38. The largest absolute Gasteiger partial charge is 0.493 e. The highest BCUT2D eigenvalue weighted by molar-refractivity contribution is 7.99. The predicted molar refractivity (Wildman–Crippen MR) is 109 cm³/mol. The number of rotatable bonds is 7. The van der Waals surface area contributed by atoms with Crippen molar-refractivity contribution in [3.8, 4) is 11.6 Å². The maximum atomic E-state index is 12.4. The lowest BCUT2D eigenvalue weighted by molar-refractivity contribution is -0.113. The van der Waals surface area contributed by atoms with Gasteiger partial charge >= 0.3 is 0 Å². The predicted octanol–water partition coefficient (Wildman–Crippen LogP) is 3.58. The second kappa shape index (κ2) is 9.64. The van der Waals surface area contributed by atoms with E-state index in [-0.39, 0.29) is 29.1 Å². The molecule has 7 nitrogen and oxygen atoms in total. The molecule has 0 radical (unpaired) electrons. The van der Waals surface area contributed by atoms with E-state index in [0.29, 0.717) is 23.2 Å². The van der Waals surface area contributed by atoms with Crippen LogP contribution in [-0.2, 0) is 4.79 Å². The smallest absolute Gasteiger partial charge is 0.258 e. The highest BCUT2D eigenvalue weighted by Gasteiger charge is 2.21. The maximum absolute atomic E-state index is 12.4. The number of para-hydroxylation sites is 2. The van der Waals surface area contributed by atoms with Gasteiger partial charge in [0.25, 0.3) is 5.56 Å².